The van der Waals surface area contributed by atoms with E-state index in [1.54, 1.807) is 12.1 Å². The van der Waals surface area contributed by atoms with Crippen LogP contribution in [0.2, 0.25) is 5.02 Å². The van der Waals surface area contributed by atoms with Gasteiger partial charge in [0.2, 0.25) is 0 Å². The number of aliphatic hydroxyl groups excluding tert-OH is 2. The lowest BCUT2D eigenvalue weighted by atomic mass is 10.2. The van der Waals surface area contributed by atoms with Gasteiger partial charge in [0, 0.05) is 30.2 Å². The Bertz CT molecular complexity index is 903. The van der Waals surface area contributed by atoms with E-state index in [2.05, 4.69) is 29.7 Å². The van der Waals surface area contributed by atoms with Gasteiger partial charge in [-0.1, -0.05) is 57.3 Å². The highest BCUT2D eigenvalue weighted by Crippen LogP contribution is 2.17. The number of nitrogens with one attached hydrogen (secondary N) is 2. The molecule has 1 aliphatic carbocycles. The van der Waals surface area contributed by atoms with E-state index in [0.29, 0.717) is 69.8 Å². The first-order valence-corrected chi connectivity index (χ1v) is 15.3. The minimum atomic E-state index is -0.488. The SMILES string of the molecule is CC(C)NCC(O)COCCOc1ccc(Cl)cc1.CCc1ccc(OCCOCC(O)CNC2CCCC2)cc1.Cl.Cl. The maximum absolute atomic E-state index is 9.86. The predicted molar refractivity (Wildman–Crippen MR) is 180 cm³/mol. The molecule has 1 fully saturated rings. The van der Waals surface area contributed by atoms with Crippen molar-refractivity contribution in [2.45, 2.75) is 77.2 Å². The van der Waals surface area contributed by atoms with E-state index < -0.39 is 12.2 Å². The molecule has 2 atom stereocenters. The summed E-state index contributed by atoms with van der Waals surface area (Å²) < 4.78 is 21.9. The maximum atomic E-state index is 9.86. The number of aryl methyl sites for hydroxylation is 1. The first kappa shape index (κ1) is 41.7. The standard InChI is InChI=1S/C18H29NO3.C14H22ClNO3.2ClH/c1-2-15-7-9-18(10-8-15)22-12-11-21-14-17(20)13-19-16-5-3-4-6-16;1-11(2)16-9-13(17)10-18-7-8-19-14-5-3-12(15)4-6-14;;/h7-10,16-17,19-20H,2-6,11-14H2,1H3;3-6,11,13,16-17H,7-10H2,1-2H3;2*1H. The van der Waals surface area contributed by atoms with E-state index >= 15 is 0 Å². The van der Waals surface area contributed by atoms with Crippen molar-refractivity contribution >= 4 is 36.4 Å². The normalized spacial score (nSPS) is 14.2. The van der Waals surface area contributed by atoms with Crippen LogP contribution in [0.5, 0.6) is 11.5 Å². The van der Waals surface area contributed by atoms with Crippen LogP contribution >= 0.6 is 36.4 Å². The monoisotopic (exact) mass is 666 g/mol. The first-order chi connectivity index (χ1) is 19.9. The highest BCUT2D eigenvalue weighted by atomic mass is 35.5. The molecular weight excluding hydrogens is 615 g/mol. The lowest BCUT2D eigenvalue weighted by Gasteiger charge is -2.16. The van der Waals surface area contributed by atoms with Crippen LogP contribution in [0, 0.1) is 0 Å². The van der Waals surface area contributed by atoms with E-state index in [1.165, 1.54) is 31.2 Å². The highest BCUT2D eigenvalue weighted by Gasteiger charge is 2.15. The zero-order valence-electron chi connectivity index (χ0n) is 25.8. The molecular formula is C32H53Cl3N2O6. The maximum Gasteiger partial charge on any atom is 0.119 e. The number of benzene rings is 2. The summed E-state index contributed by atoms with van der Waals surface area (Å²) in [7, 11) is 0. The molecule has 43 heavy (non-hydrogen) atoms. The van der Waals surface area contributed by atoms with Gasteiger partial charge in [0.1, 0.15) is 24.7 Å². The molecule has 0 aliphatic heterocycles. The van der Waals surface area contributed by atoms with Gasteiger partial charge < -0.3 is 39.8 Å². The highest BCUT2D eigenvalue weighted by molar-refractivity contribution is 6.30. The second-order valence-corrected chi connectivity index (χ2v) is 11.0. The van der Waals surface area contributed by atoms with E-state index in [4.69, 9.17) is 30.5 Å². The van der Waals surface area contributed by atoms with Gasteiger partial charge in [0.15, 0.2) is 0 Å². The molecule has 4 N–H and O–H groups in total. The van der Waals surface area contributed by atoms with Gasteiger partial charge in [-0.3, -0.25) is 0 Å². The van der Waals surface area contributed by atoms with Crippen LogP contribution in [0.15, 0.2) is 48.5 Å². The summed E-state index contributed by atoms with van der Waals surface area (Å²) in [5, 5.41) is 26.7. The largest absolute Gasteiger partial charge is 0.491 e. The fourth-order valence-corrected chi connectivity index (χ4v) is 4.28. The molecule has 11 heteroatoms. The molecule has 1 saturated carbocycles. The number of hydrogen-bond donors (Lipinski definition) is 4. The van der Waals surface area contributed by atoms with Crippen molar-refractivity contribution in [3.63, 3.8) is 0 Å². The second kappa shape index (κ2) is 25.9. The van der Waals surface area contributed by atoms with Crippen LogP contribution in [0.4, 0.5) is 0 Å². The third-order valence-corrected chi connectivity index (χ3v) is 6.77. The summed E-state index contributed by atoms with van der Waals surface area (Å²) in [6.45, 7) is 9.93. The molecule has 248 valence electrons. The molecule has 2 aromatic rings. The van der Waals surface area contributed by atoms with Gasteiger partial charge in [0.25, 0.3) is 0 Å². The van der Waals surface area contributed by atoms with Crippen molar-refractivity contribution in [2.75, 3.05) is 52.7 Å². The Morgan fingerprint density at radius 2 is 1.26 bits per heavy atom. The van der Waals surface area contributed by atoms with Crippen LogP contribution in [0.3, 0.4) is 0 Å². The Morgan fingerprint density at radius 1 is 0.767 bits per heavy atom. The minimum Gasteiger partial charge on any atom is -0.491 e. The van der Waals surface area contributed by atoms with Gasteiger partial charge in [-0.05, 0) is 61.2 Å². The van der Waals surface area contributed by atoms with Crippen LogP contribution in [-0.2, 0) is 15.9 Å². The van der Waals surface area contributed by atoms with Gasteiger partial charge in [-0.15, -0.1) is 24.8 Å². The second-order valence-electron chi connectivity index (χ2n) is 10.6. The molecule has 0 bridgehead atoms. The Morgan fingerprint density at radius 3 is 1.74 bits per heavy atom. The molecule has 3 rings (SSSR count). The smallest absolute Gasteiger partial charge is 0.119 e. The molecule has 0 spiro atoms. The zero-order valence-corrected chi connectivity index (χ0v) is 28.2. The molecule has 8 nitrogen and oxygen atoms in total. The molecule has 0 amide bonds. The zero-order chi connectivity index (χ0) is 29.7. The molecule has 2 unspecified atom stereocenters. The number of rotatable bonds is 19. The average molecular weight is 668 g/mol. The Hall–Kier alpha value is -1.33. The Labute approximate surface area is 276 Å². The van der Waals surface area contributed by atoms with Crippen molar-refractivity contribution < 1.29 is 29.2 Å². The summed E-state index contributed by atoms with van der Waals surface area (Å²) in [5.74, 6) is 1.62. The summed E-state index contributed by atoms with van der Waals surface area (Å²) in [6.07, 6.45) is 5.19. The van der Waals surface area contributed by atoms with Crippen molar-refractivity contribution in [1.29, 1.82) is 0 Å². The van der Waals surface area contributed by atoms with Gasteiger partial charge in [-0.25, -0.2) is 0 Å². The number of halogens is 3. The van der Waals surface area contributed by atoms with Crippen LogP contribution in [0.25, 0.3) is 0 Å². The van der Waals surface area contributed by atoms with Crippen LogP contribution in [0.1, 0.15) is 52.0 Å². The molecule has 0 saturated heterocycles. The summed E-state index contributed by atoms with van der Waals surface area (Å²) in [6, 6.07) is 16.2. The van der Waals surface area contributed by atoms with Gasteiger partial charge in [-0.2, -0.15) is 0 Å². The van der Waals surface area contributed by atoms with Crippen molar-refractivity contribution in [3.05, 3.63) is 59.1 Å². The molecule has 1 aliphatic rings. The lowest BCUT2D eigenvalue weighted by molar-refractivity contribution is 0.0240. The Kier molecular flexibility index (Phi) is 25.1. The van der Waals surface area contributed by atoms with Crippen molar-refractivity contribution in [1.82, 2.24) is 10.6 Å². The molecule has 0 heterocycles. The van der Waals surface area contributed by atoms with Gasteiger partial charge >= 0.3 is 0 Å². The third-order valence-electron chi connectivity index (χ3n) is 6.52. The quantitative estimate of drug-likeness (QED) is 0.146. The van der Waals surface area contributed by atoms with E-state index in [9.17, 15) is 10.2 Å². The topological polar surface area (TPSA) is 101 Å². The van der Waals surface area contributed by atoms with Crippen LogP contribution < -0.4 is 20.1 Å². The summed E-state index contributed by atoms with van der Waals surface area (Å²) >= 11 is 5.77. The Balaban J connectivity index is 0.000000792. The first-order valence-electron chi connectivity index (χ1n) is 14.9. The fourth-order valence-electron chi connectivity index (χ4n) is 4.15. The minimum absolute atomic E-state index is 0. The van der Waals surface area contributed by atoms with Crippen molar-refractivity contribution in [3.8, 4) is 11.5 Å². The molecule has 0 aromatic heterocycles. The number of aliphatic hydroxyl groups is 2. The predicted octanol–water partition coefficient (Wildman–Crippen LogP) is 5.48. The summed E-state index contributed by atoms with van der Waals surface area (Å²) in [4.78, 5) is 0. The number of hydrogen-bond acceptors (Lipinski definition) is 8. The molecule has 2 aromatic carbocycles. The lowest BCUT2D eigenvalue weighted by Crippen LogP contribution is -2.36. The van der Waals surface area contributed by atoms with E-state index in [-0.39, 0.29) is 24.8 Å². The third kappa shape index (κ3) is 21.1. The van der Waals surface area contributed by atoms with E-state index in [0.717, 1.165) is 17.9 Å². The van der Waals surface area contributed by atoms with E-state index in [1.807, 2.05) is 38.1 Å². The van der Waals surface area contributed by atoms with Crippen molar-refractivity contribution in [2.24, 2.45) is 0 Å². The number of ether oxygens (including phenoxy) is 4. The fraction of sp³-hybridized carbons (Fsp3) is 0.625. The van der Waals surface area contributed by atoms with Gasteiger partial charge in [0.05, 0.1) is 38.6 Å². The average Bonchev–Trinajstić information content (AvgIpc) is 3.50. The molecule has 0 radical (unpaired) electrons. The summed E-state index contributed by atoms with van der Waals surface area (Å²) in [5.41, 5.74) is 1.31. The van der Waals surface area contributed by atoms with Crippen LogP contribution in [-0.4, -0.2) is 87.2 Å².